The third-order valence-corrected chi connectivity index (χ3v) is 5.60. The van der Waals surface area contributed by atoms with E-state index in [1.807, 2.05) is 42.5 Å². The minimum Gasteiger partial charge on any atom is -0.493 e. The van der Waals surface area contributed by atoms with Gasteiger partial charge in [-0.1, -0.05) is 55.1 Å². The molecule has 0 radical (unpaired) electrons. The zero-order chi connectivity index (χ0) is 21.3. The highest BCUT2D eigenvalue weighted by Gasteiger charge is 2.38. The molecule has 4 rings (SSSR count). The summed E-state index contributed by atoms with van der Waals surface area (Å²) in [6.45, 7) is 3.59. The first-order valence-electron chi connectivity index (χ1n) is 9.55. The van der Waals surface area contributed by atoms with Crippen molar-refractivity contribution >= 4 is 17.8 Å². The Balaban J connectivity index is 1.95. The number of ether oxygens (including phenoxy) is 2. The number of nitrogens with two attached hydrogens (primary N) is 1. The van der Waals surface area contributed by atoms with Gasteiger partial charge in [-0.15, -0.1) is 5.10 Å². The monoisotopic (exact) mass is 401 g/mol. The first kappa shape index (κ1) is 19.5. The molecule has 0 saturated heterocycles. The molecule has 0 fully saturated rings. The summed E-state index contributed by atoms with van der Waals surface area (Å²) in [7, 11) is 3.23. The van der Waals surface area contributed by atoms with Crippen LogP contribution in [0.15, 0.2) is 67.3 Å². The van der Waals surface area contributed by atoms with Crippen LogP contribution in [-0.2, 0) is 11.8 Å². The number of methoxy groups -OCH3 is 2. The topological polar surface area (TPSA) is 79.4 Å². The van der Waals surface area contributed by atoms with Crippen LogP contribution in [0.1, 0.15) is 27.2 Å². The van der Waals surface area contributed by atoms with Gasteiger partial charge in [0.05, 0.1) is 19.9 Å². The lowest BCUT2D eigenvalue weighted by Crippen LogP contribution is -2.32. The molecular formula is C24H23N3O3. The number of benzene rings is 2. The fourth-order valence-corrected chi connectivity index (χ4v) is 4.07. The van der Waals surface area contributed by atoms with Crippen LogP contribution in [0.5, 0.6) is 11.5 Å². The minimum absolute atomic E-state index is 0.312. The van der Waals surface area contributed by atoms with Gasteiger partial charge in [0.1, 0.15) is 0 Å². The van der Waals surface area contributed by atoms with Gasteiger partial charge in [0, 0.05) is 17.4 Å². The molecule has 2 aromatic carbocycles. The molecule has 1 heterocycles. The number of allylic oxidation sites excluding steroid dienone is 2. The van der Waals surface area contributed by atoms with Gasteiger partial charge in [0.2, 0.25) is 0 Å². The SMILES string of the molecule is C=CC(=O)n1nc(N)c2c1CC(c1ccccc1)(c1ccc(OC)c(OC)c1)C=C2. The average Bonchev–Trinajstić information content (AvgIpc) is 3.13. The Bertz CT molecular complexity index is 1150. The molecule has 1 atom stereocenters. The van der Waals surface area contributed by atoms with Crippen molar-refractivity contribution in [3.8, 4) is 11.5 Å². The molecule has 1 aromatic heterocycles. The van der Waals surface area contributed by atoms with Crippen molar-refractivity contribution in [2.75, 3.05) is 20.0 Å². The molecule has 0 saturated carbocycles. The molecule has 1 aliphatic carbocycles. The zero-order valence-electron chi connectivity index (χ0n) is 17.0. The van der Waals surface area contributed by atoms with Gasteiger partial charge >= 0.3 is 0 Å². The van der Waals surface area contributed by atoms with Crippen LogP contribution in [0.4, 0.5) is 5.82 Å². The lowest BCUT2D eigenvalue weighted by Gasteiger charge is -2.35. The number of nitrogens with zero attached hydrogens (tertiary/aromatic N) is 2. The smallest absolute Gasteiger partial charge is 0.270 e. The fourth-order valence-electron chi connectivity index (χ4n) is 4.07. The molecule has 3 aromatic rings. The maximum absolute atomic E-state index is 12.4. The lowest BCUT2D eigenvalue weighted by atomic mass is 9.68. The van der Waals surface area contributed by atoms with Crippen molar-refractivity contribution in [1.82, 2.24) is 9.78 Å². The van der Waals surface area contributed by atoms with Crippen LogP contribution in [0.25, 0.3) is 6.08 Å². The Morgan fingerprint density at radius 1 is 1.13 bits per heavy atom. The highest BCUT2D eigenvalue weighted by atomic mass is 16.5. The van der Waals surface area contributed by atoms with Crippen molar-refractivity contribution in [1.29, 1.82) is 0 Å². The molecular weight excluding hydrogens is 378 g/mol. The highest BCUT2D eigenvalue weighted by Crippen LogP contribution is 2.44. The summed E-state index contributed by atoms with van der Waals surface area (Å²) in [5.74, 6) is 1.30. The Hall–Kier alpha value is -3.80. The summed E-state index contributed by atoms with van der Waals surface area (Å²) >= 11 is 0. The molecule has 0 bridgehead atoms. The standard InChI is InChI=1S/C24H23N3O3/c1-4-22(28)27-19-15-24(16-8-6-5-7-9-16,13-12-18(19)23(25)26-27)17-10-11-20(29-2)21(14-17)30-3/h4-14H,1,15H2,2-3H3,(H2,25,26). The summed E-state index contributed by atoms with van der Waals surface area (Å²) in [4.78, 5) is 12.4. The third-order valence-electron chi connectivity index (χ3n) is 5.60. The van der Waals surface area contributed by atoms with Gasteiger partial charge in [0.25, 0.3) is 5.91 Å². The molecule has 2 N–H and O–H groups in total. The summed E-state index contributed by atoms with van der Waals surface area (Å²) < 4.78 is 12.3. The van der Waals surface area contributed by atoms with E-state index < -0.39 is 5.41 Å². The normalized spacial score (nSPS) is 17.3. The number of aromatic nitrogens is 2. The summed E-state index contributed by atoms with van der Waals surface area (Å²) in [6, 6.07) is 16.0. The molecule has 1 aliphatic rings. The molecule has 0 spiro atoms. The number of hydrogen-bond donors (Lipinski definition) is 1. The number of hydrogen-bond acceptors (Lipinski definition) is 5. The Labute approximate surface area is 175 Å². The van der Waals surface area contributed by atoms with Gasteiger partial charge in [-0.05, 0) is 29.3 Å². The van der Waals surface area contributed by atoms with Crippen LogP contribution in [0.2, 0.25) is 0 Å². The molecule has 0 amide bonds. The van der Waals surface area contributed by atoms with Crippen LogP contribution in [-0.4, -0.2) is 29.9 Å². The molecule has 6 heteroatoms. The predicted octanol–water partition coefficient (Wildman–Crippen LogP) is 3.86. The van der Waals surface area contributed by atoms with Crippen molar-refractivity contribution in [3.05, 3.63) is 89.6 Å². The molecule has 1 unspecified atom stereocenters. The van der Waals surface area contributed by atoms with E-state index in [1.54, 1.807) is 14.2 Å². The quantitative estimate of drug-likeness (QED) is 0.657. The van der Waals surface area contributed by atoms with Gasteiger partial charge in [-0.25, -0.2) is 0 Å². The Morgan fingerprint density at radius 3 is 2.53 bits per heavy atom. The van der Waals surface area contributed by atoms with E-state index >= 15 is 0 Å². The van der Waals surface area contributed by atoms with E-state index in [0.29, 0.717) is 23.7 Å². The Kier molecular flexibility index (Phi) is 4.91. The number of carbonyl (C=O) groups excluding carboxylic acids is 1. The Morgan fingerprint density at radius 2 is 1.87 bits per heavy atom. The number of carbonyl (C=O) groups is 1. The molecule has 152 valence electrons. The van der Waals surface area contributed by atoms with Crippen molar-refractivity contribution in [2.45, 2.75) is 11.8 Å². The minimum atomic E-state index is -0.542. The number of fused-ring (bicyclic) bond motifs is 1. The number of anilines is 1. The number of rotatable bonds is 5. The maximum atomic E-state index is 12.4. The second-order valence-corrected chi connectivity index (χ2v) is 7.12. The summed E-state index contributed by atoms with van der Waals surface area (Å²) in [5, 5.41) is 4.25. The van der Waals surface area contributed by atoms with E-state index in [4.69, 9.17) is 15.2 Å². The van der Waals surface area contributed by atoms with E-state index in [9.17, 15) is 4.79 Å². The van der Waals surface area contributed by atoms with E-state index in [0.717, 1.165) is 22.4 Å². The first-order valence-corrected chi connectivity index (χ1v) is 9.55. The first-order chi connectivity index (χ1) is 14.5. The van der Waals surface area contributed by atoms with Gasteiger partial charge < -0.3 is 15.2 Å². The van der Waals surface area contributed by atoms with Crippen molar-refractivity contribution in [2.24, 2.45) is 0 Å². The lowest BCUT2D eigenvalue weighted by molar-refractivity contribution is 0.0950. The van der Waals surface area contributed by atoms with Crippen molar-refractivity contribution in [3.63, 3.8) is 0 Å². The molecule has 6 nitrogen and oxygen atoms in total. The van der Waals surface area contributed by atoms with Crippen LogP contribution in [0, 0.1) is 0 Å². The van der Waals surface area contributed by atoms with Gasteiger partial charge in [0.15, 0.2) is 17.3 Å². The van der Waals surface area contributed by atoms with Gasteiger partial charge in [-0.2, -0.15) is 4.68 Å². The van der Waals surface area contributed by atoms with E-state index in [-0.39, 0.29) is 5.91 Å². The van der Waals surface area contributed by atoms with Crippen molar-refractivity contribution < 1.29 is 14.3 Å². The summed E-state index contributed by atoms with van der Waals surface area (Å²) in [5.41, 5.74) is 9.15. The average molecular weight is 401 g/mol. The zero-order valence-corrected chi connectivity index (χ0v) is 17.0. The van der Waals surface area contributed by atoms with Crippen LogP contribution >= 0.6 is 0 Å². The maximum Gasteiger partial charge on any atom is 0.270 e. The second-order valence-electron chi connectivity index (χ2n) is 7.12. The van der Waals surface area contributed by atoms with E-state index in [1.165, 1.54) is 10.8 Å². The van der Waals surface area contributed by atoms with Crippen LogP contribution in [0.3, 0.4) is 0 Å². The number of nitrogen functional groups attached to an aromatic ring is 1. The predicted molar refractivity (Wildman–Crippen MR) is 117 cm³/mol. The largest absolute Gasteiger partial charge is 0.493 e. The summed E-state index contributed by atoms with van der Waals surface area (Å²) in [6.07, 6.45) is 5.80. The van der Waals surface area contributed by atoms with E-state index in [2.05, 4.69) is 29.9 Å². The third kappa shape index (κ3) is 2.97. The second kappa shape index (κ2) is 7.55. The molecule has 30 heavy (non-hydrogen) atoms. The van der Waals surface area contributed by atoms with Crippen LogP contribution < -0.4 is 15.2 Å². The molecule has 0 aliphatic heterocycles. The fraction of sp³-hybridized carbons (Fsp3) is 0.167. The van der Waals surface area contributed by atoms with Gasteiger partial charge in [-0.3, -0.25) is 4.79 Å². The highest BCUT2D eigenvalue weighted by molar-refractivity contribution is 5.91.